The SMILES string of the molecule is CCc1c(C)[nH]c(Cc2c(F)cccc2Cl)nc1=S. The molecule has 2 nitrogen and oxygen atoms in total. The van der Waals surface area contributed by atoms with Crippen molar-refractivity contribution in [3.8, 4) is 0 Å². The maximum absolute atomic E-state index is 13.7. The van der Waals surface area contributed by atoms with Gasteiger partial charge < -0.3 is 4.98 Å². The second-order valence-electron chi connectivity index (χ2n) is 4.32. The summed E-state index contributed by atoms with van der Waals surface area (Å²) in [7, 11) is 0. The maximum atomic E-state index is 13.7. The smallest absolute Gasteiger partial charge is 0.133 e. The van der Waals surface area contributed by atoms with Gasteiger partial charge >= 0.3 is 0 Å². The van der Waals surface area contributed by atoms with Gasteiger partial charge in [0.15, 0.2) is 0 Å². The maximum Gasteiger partial charge on any atom is 0.133 e. The summed E-state index contributed by atoms with van der Waals surface area (Å²) >= 11 is 11.3. The third-order valence-electron chi connectivity index (χ3n) is 3.04. The zero-order valence-corrected chi connectivity index (χ0v) is 12.3. The second-order valence-corrected chi connectivity index (χ2v) is 5.12. The van der Waals surface area contributed by atoms with E-state index >= 15 is 0 Å². The molecule has 0 aliphatic rings. The monoisotopic (exact) mass is 296 g/mol. The van der Waals surface area contributed by atoms with Crippen molar-refractivity contribution >= 4 is 23.8 Å². The molecule has 1 aromatic carbocycles. The van der Waals surface area contributed by atoms with Crippen molar-refractivity contribution in [2.45, 2.75) is 26.7 Å². The summed E-state index contributed by atoms with van der Waals surface area (Å²) in [6, 6.07) is 4.65. The highest BCUT2D eigenvalue weighted by molar-refractivity contribution is 7.71. The van der Waals surface area contributed by atoms with E-state index in [0.29, 0.717) is 27.5 Å². The number of aryl methyl sites for hydroxylation is 1. The summed E-state index contributed by atoms with van der Waals surface area (Å²) in [4.78, 5) is 7.48. The fourth-order valence-electron chi connectivity index (χ4n) is 2.04. The van der Waals surface area contributed by atoms with E-state index in [-0.39, 0.29) is 5.82 Å². The summed E-state index contributed by atoms with van der Waals surface area (Å²) in [6.07, 6.45) is 1.13. The minimum absolute atomic E-state index is 0.306. The van der Waals surface area contributed by atoms with E-state index in [9.17, 15) is 4.39 Å². The van der Waals surface area contributed by atoms with Crippen LogP contribution in [0.15, 0.2) is 18.2 Å². The normalized spacial score (nSPS) is 10.7. The van der Waals surface area contributed by atoms with Gasteiger partial charge in [-0.3, -0.25) is 0 Å². The standard InChI is InChI=1S/C14H14ClFN2S/c1-3-9-8(2)17-13(18-14(9)19)7-10-11(15)5-4-6-12(10)16/h4-6H,3,7H2,1-2H3,(H,17,18,19). The minimum Gasteiger partial charge on any atom is -0.347 e. The molecule has 0 aliphatic heterocycles. The largest absolute Gasteiger partial charge is 0.347 e. The number of nitrogens with one attached hydrogen (secondary N) is 1. The molecule has 0 radical (unpaired) electrons. The van der Waals surface area contributed by atoms with Gasteiger partial charge in [-0.25, -0.2) is 9.37 Å². The van der Waals surface area contributed by atoms with Gasteiger partial charge in [-0.15, -0.1) is 0 Å². The molecule has 0 unspecified atom stereocenters. The van der Waals surface area contributed by atoms with E-state index in [4.69, 9.17) is 23.8 Å². The minimum atomic E-state index is -0.328. The molecule has 100 valence electrons. The first-order valence-electron chi connectivity index (χ1n) is 6.04. The van der Waals surface area contributed by atoms with E-state index < -0.39 is 0 Å². The van der Waals surface area contributed by atoms with Crippen LogP contribution in [0.5, 0.6) is 0 Å². The number of aromatic amines is 1. The molecule has 0 spiro atoms. The van der Waals surface area contributed by atoms with Gasteiger partial charge in [0, 0.05) is 28.3 Å². The quantitative estimate of drug-likeness (QED) is 0.851. The van der Waals surface area contributed by atoms with E-state index in [1.807, 2.05) is 13.8 Å². The first-order valence-corrected chi connectivity index (χ1v) is 6.83. The summed E-state index contributed by atoms with van der Waals surface area (Å²) in [5, 5.41) is 0.401. The van der Waals surface area contributed by atoms with E-state index in [1.54, 1.807) is 12.1 Å². The molecule has 0 amide bonds. The number of H-pyrrole nitrogens is 1. The van der Waals surface area contributed by atoms with Crippen LogP contribution in [0, 0.1) is 17.4 Å². The van der Waals surface area contributed by atoms with Crippen molar-refractivity contribution in [1.29, 1.82) is 0 Å². The van der Waals surface area contributed by atoms with E-state index in [1.165, 1.54) is 6.07 Å². The lowest BCUT2D eigenvalue weighted by molar-refractivity contribution is 0.612. The number of hydrogen-bond donors (Lipinski definition) is 1. The Morgan fingerprint density at radius 2 is 2.11 bits per heavy atom. The molecule has 19 heavy (non-hydrogen) atoms. The third-order valence-corrected chi connectivity index (χ3v) is 3.73. The number of rotatable bonds is 3. The summed E-state index contributed by atoms with van der Waals surface area (Å²) in [5.74, 6) is 0.303. The lowest BCUT2D eigenvalue weighted by Crippen LogP contribution is -2.04. The molecule has 1 N–H and O–H groups in total. The molecule has 2 aromatic rings. The number of nitrogens with zero attached hydrogens (tertiary/aromatic N) is 1. The lowest BCUT2D eigenvalue weighted by atomic mass is 10.1. The Bertz CT molecular complexity index is 647. The topological polar surface area (TPSA) is 28.7 Å². The highest BCUT2D eigenvalue weighted by atomic mass is 35.5. The van der Waals surface area contributed by atoms with Gasteiger partial charge in [0.05, 0.1) is 0 Å². The Kier molecular flexibility index (Phi) is 4.32. The van der Waals surface area contributed by atoms with Crippen LogP contribution in [0.1, 0.15) is 29.6 Å². The van der Waals surface area contributed by atoms with Gasteiger partial charge in [-0.1, -0.05) is 36.8 Å². The summed E-state index contributed by atoms with van der Waals surface area (Å²) in [6.45, 7) is 3.98. The van der Waals surface area contributed by atoms with Crippen LogP contribution < -0.4 is 0 Å². The zero-order chi connectivity index (χ0) is 14.0. The molecule has 5 heteroatoms. The average Bonchev–Trinajstić information content (AvgIpc) is 2.34. The Labute approximate surface area is 121 Å². The molecule has 2 rings (SSSR count). The van der Waals surface area contributed by atoms with Crippen LogP contribution in [0.3, 0.4) is 0 Å². The fourth-order valence-corrected chi connectivity index (χ4v) is 2.68. The third kappa shape index (κ3) is 3.01. The van der Waals surface area contributed by atoms with E-state index in [0.717, 1.165) is 17.7 Å². The lowest BCUT2D eigenvalue weighted by Gasteiger charge is -2.09. The predicted molar refractivity (Wildman–Crippen MR) is 77.8 cm³/mol. The second kappa shape index (κ2) is 5.80. The van der Waals surface area contributed by atoms with Crippen LogP contribution in [-0.2, 0) is 12.8 Å². The Hall–Kier alpha value is -1.26. The van der Waals surface area contributed by atoms with Gasteiger partial charge in [0.25, 0.3) is 0 Å². The van der Waals surface area contributed by atoms with Crippen molar-refractivity contribution in [3.05, 3.63) is 56.3 Å². The Balaban J connectivity index is 2.42. The van der Waals surface area contributed by atoms with E-state index in [2.05, 4.69) is 9.97 Å². The highest BCUT2D eigenvalue weighted by Crippen LogP contribution is 2.21. The van der Waals surface area contributed by atoms with Crippen molar-refractivity contribution in [1.82, 2.24) is 9.97 Å². The van der Waals surface area contributed by atoms with Crippen molar-refractivity contribution in [2.75, 3.05) is 0 Å². The summed E-state index contributed by atoms with van der Waals surface area (Å²) in [5.41, 5.74) is 2.44. The van der Waals surface area contributed by atoms with Crippen molar-refractivity contribution in [2.24, 2.45) is 0 Å². The van der Waals surface area contributed by atoms with Crippen LogP contribution in [0.4, 0.5) is 4.39 Å². The van der Waals surface area contributed by atoms with Crippen molar-refractivity contribution in [3.63, 3.8) is 0 Å². The average molecular weight is 297 g/mol. The van der Waals surface area contributed by atoms with Crippen LogP contribution in [0.25, 0.3) is 0 Å². The highest BCUT2D eigenvalue weighted by Gasteiger charge is 2.10. The molecule has 0 bridgehead atoms. The van der Waals surface area contributed by atoms with Crippen LogP contribution in [-0.4, -0.2) is 9.97 Å². The first kappa shape index (κ1) is 14.2. The Morgan fingerprint density at radius 1 is 1.37 bits per heavy atom. The number of hydrogen-bond acceptors (Lipinski definition) is 2. The van der Waals surface area contributed by atoms with Gasteiger partial charge in [-0.2, -0.15) is 0 Å². The summed E-state index contributed by atoms with van der Waals surface area (Å²) < 4.78 is 14.3. The van der Waals surface area contributed by atoms with Gasteiger partial charge in [0.2, 0.25) is 0 Å². The molecule has 0 atom stereocenters. The number of aromatic nitrogens is 2. The zero-order valence-electron chi connectivity index (χ0n) is 10.8. The van der Waals surface area contributed by atoms with Gasteiger partial charge in [0.1, 0.15) is 16.3 Å². The molecule has 1 aromatic heterocycles. The molecule has 0 aliphatic carbocycles. The molecule has 0 saturated heterocycles. The molecule has 0 saturated carbocycles. The van der Waals surface area contributed by atoms with Crippen LogP contribution >= 0.6 is 23.8 Å². The predicted octanol–water partition coefficient (Wildman–Crippen LogP) is 4.39. The van der Waals surface area contributed by atoms with Gasteiger partial charge in [-0.05, 0) is 25.5 Å². The van der Waals surface area contributed by atoms with Crippen molar-refractivity contribution < 1.29 is 4.39 Å². The number of halogens is 2. The molecular formula is C14H14ClFN2S. The first-order chi connectivity index (χ1) is 9.02. The van der Waals surface area contributed by atoms with Crippen LogP contribution in [0.2, 0.25) is 5.02 Å². The fraction of sp³-hybridized carbons (Fsp3) is 0.286. The number of benzene rings is 1. The molecule has 0 fully saturated rings. The molecular weight excluding hydrogens is 283 g/mol. The molecule has 1 heterocycles. The Morgan fingerprint density at radius 3 is 2.68 bits per heavy atom.